The third kappa shape index (κ3) is 3.77. The van der Waals surface area contributed by atoms with Crippen LogP contribution in [-0.4, -0.2) is 26.1 Å². The molecule has 1 amide bonds. The second kappa shape index (κ2) is 7.50. The average molecular weight is 380 g/mol. The number of benzene rings is 1. The van der Waals surface area contributed by atoms with E-state index >= 15 is 0 Å². The van der Waals surface area contributed by atoms with Gasteiger partial charge in [0.05, 0.1) is 23.4 Å². The van der Waals surface area contributed by atoms with Gasteiger partial charge in [-0.1, -0.05) is 6.07 Å². The highest BCUT2D eigenvalue weighted by atomic mass is 19.3. The Hall–Kier alpha value is -3.34. The molecule has 3 rings (SSSR count). The Kier molecular flexibility index (Phi) is 5.12. The quantitative estimate of drug-likeness (QED) is 0.590. The number of hydrogen-bond acceptors (Lipinski definition) is 5. The van der Waals surface area contributed by atoms with Gasteiger partial charge < -0.3 is 11.1 Å². The van der Waals surface area contributed by atoms with Gasteiger partial charge in [-0.15, -0.1) is 0 Å². The zero-order valence-electron chi connectivity index (χ0n) is 13.5. The molecule has 0 aliphatic heterocycles. The molecule has 11 heteroatoms. The number of anilines is 1. The van der Waals surface area contributed by atoms with Crippen molar-refractivity contribution in [1.29, 1.82) is 0 Å². The predicted octanol–water partition coefficient (Wildman–Crippen LogP) is 2.79. The number of carbonyl (C=O) groups excluding carboxylic acids is 1. The largest absolute Gasteiger partial charge is 0.324 e. The molecular weight excluding hydrogens is 368 g/mol. The molecule has 2 aromatic heterocycles. The lowest BCUT2D eigenvalue weighted by Gasteiger charge is -2.08. The standard InChI is InChI=1S/C16H12F4N6O/c17-8-2-1-3-9(18)13(8)10-4-11(26-25-10)24-16(27)7-6-22-12(5-21)23-14(7)15(19)20/h1-4,6,15H,5,21H2,(H2,24,25,26,27). The molecule has 0 bridgehead atoms. The summed E-state index contributed by atoms with van der Waals surface area (Å²) in [6.07, 6.45) is -2.10. The van der Waals surface area contributed by atoms with Crippen molar-refractivity contribution in [2.45, 2.75) is 13.0 Å². The molecule has 0 atom stereocenters. The minimum atomic E-state index is -3.03. The first-order chi connectivity index (χ1) is 12.9. The van der Waals surface area contributed by atoms with E-state index in [2.05, 4.69) is 25.5 Å². The van der Waals surface area contributed by atoms with Crippen LogP contribution in [0.5, 0.6) is 0 Å². The van der Waals surface area contributed by atoms with Gasteiger partial charge in [0, 0.05) is 12.3 Å². The van der Waals surface area contributed by atoms with Crippen molar-refractivity contribution >= 4 is 11.7 Å². The smallest absolute Gasteiger partial charge is 0.281 e. The van der Waals surface area contributed by atoms with E-state index in [1.807, 2.05) is 0 Å². The monoisotopic (exact) mass is 380 g/mol. The van der Waals surface area contributed by atoms with Crippen LogP contribution in [0.15, 0.2) is 30.5 Å². The Bertz CT molecular complexity index is 971. The lowest BCUT2D eigenvalue weighted by Crippen LogP contribution is -2.18. The molecule has 7 nitrogen and oxygen atoms in total. The van der Waals surface area contributed by atoms with Crippen molar-refractivity contribution in [3.05, 3.63) is 59.2 Å². The van der Waals surface area contributed by atoms with Crippen LogP contribution in [0.2, 0.25) is 0 Å². The van der Waals surface area contributed by atoms with E-state index in [9.17, 15) is 22.4 Å². The molecular formula is C16H12F4N6O. The predicted molar refractivity (Wildman–Crippen MR) is 86.8 cm³/mol. The van der Waals surface area contributed by atoms with Crippen LogP contribution in [0, 0.1) is 11.6 Å². The summed E-state index contributed by atoms with van der Waals surface area (Å²) in [7, 11) is 0. The maximum absolute atomic E-state index is 13.8. The van der Waals surface area contributed by atoms with Crippen LogP contribution >= 0.6 is 0 Å². The van der Waals surface area contributed by atoms with Gasteiger partial charge >= 0.3 is 0 Å². The van der Waals surface area contributed by atoms with E-state index in [0.717, 1.165) is 24.4 Å². The summed E-state index contributed by atoms with van der Waals surface area (Å²) in [6, 6.07) is 4.48. The van der Waals surface area contributed by atoms with Gasteiger partial charge in [-0.3, -0.25) is 9.89 Å². The van der Waals surface area contributed by atoms with E-state index in [0.29, 0.717) is 0 Å². The fraction of sp³-hybridized carbons (Fsp3) is 0.125. The van der Waals surface area contributed by atoms with Crippen molar-refractivity contribution < 1.29 is 22.4 Å². The van der Waals surface area contributed by atoms with Crippen molar-refractivity contribution in [2.75, 3.05) is 5.32 Å². The molecule has 0 unspecified atom stereocenters. The number of aromatic amines is 1. The van der Waals surface area contributed by atoms with Gasteiger partial charge in [-0.05, 0) is 12.1 Å². The average Bonchev–Trinajstić information content (AvgIpc) is 3.08. The third-order valence-corrected chi connectivity index (χ3v) is 3.55. The summed E-state index contributed by atoms with van der Waals surface area (Å²) >= 11 is 0. The first-order valence-corrected chi connectivity index (χ1v) is 7.56. The van der Waals surface area contributed by atoms with Crippen molar-refractivity contribution in [3.8, 4) is 11.3 Å². The second-order valence-corrected chi connectivity index (χ2v) is 5.31. The minimum Gasteiger partial charge on any atom is -0.324 e. The maximum Gasteiger partial charge on any atom is 0.281 e. The van der Waals surface area contributed by atoms with Crippen molar-refractivity contribution in [3.63, 3.8) is 0 Å². The van der Waals surface area contributed by atoms with E-state index < -0.39 is 35.2 Å². The van der Waals surface area contributed by atoms with Crippen molar-refractivity contribution in [2.24, 2.45) is 5.73 Å². The topological polar surface area (TPSA) is 110 Å². The lowest BCUT2D eigenvalue weighted by atomic mass is 10.1. The number of amides is 1. The highest BCUT2D eigenvalue weighted by Crippen LogP contribution is 2.26. The number of hydrogen-bond donors (Lipinski definition) is 3. The molecule has 0 radical (unpaired) electrons. The number of H-pyrrole nitrogens is 1. The molecule has 0 spiro atoms. The molecule has 0 saturated heterocycles. The Morgan fingerprint density at radius 2 is 1.96 bits per heavy atom. The highest BCUT2D eigenvalue weighted by Gasteiger charge is 2.22. The number of nitrogens with one attached hydrogen (secondary N) is 2. The molecule has 140 valence electrons. The van der Waals surface area contributed by atoms with E-state index in [4.69, 9.17) is 5.73 Å². The Balaban J connectivity index is 1.87. The van der Waals surface area contributed by atoms with Gasteiger partial charge in [-0.25, -0.2) is 27.5 Å². The van der Waals surface area contributed by atoms with E-state index in [-0.39, 0.29) is 29.4 Å². The van der Waals surface area contributed by atoms with Gasteiger partial charge in [-0.2, -0.15) is 5.10 Å². The number of carbonyl (C=O) groups is 1. The first-order valence-electron chi connectivity index (χ1n) is 7.56. The highest BCUT2D eigenvalue weighted by molar-refractivity contribution is 6.04. The Morgan fingerprint density at radius 3 is 2.59 bits per heavy atom. The number of nitrogens with zero attached hydrogens (tertiary/aromatic N) is 3. The first kappa shape index (κ1) is 18.5. The van der Waals surface area contributed by atoms with Gasteiger partial charge in [0.2, 0.25) is 0 Å². The molecule has 3 aromatic rings. The molecule has 27 heavy (non-hydrogen) atoms. The third-order valence-electron chi connectivity index (χ3n) is 3.55. The van der Waals surface area contributed by atoms with Crippen molar-refractivity contribution in [1.82, 2.24) is 20.2 Å². The number of aromatic nitrogens is 4. The zero-order chi connectivity index (χ0) is 19.6. The van der Waals surface area contributed by atoms with Crippen LogP contribution < -0.4 is 11.1 Å². The summed E-state index contributed by atoms with van der Waals surface area (Å²) in [5.74, 6) is -2.79. The molecule has 0 aliphatic carbocycles. The summed E-state index contributed by atoms with van der Waals surface area (Å²) in [6.45, 7) is -0.168. The van der Waals surface area contributed by atoms with E-state index in [1.165, 1.54) is 6.07 Å². The normalized spacial score (nSPS) is 11.0. The molecule has 0 fully saturated rings. The number of nitrogens with two attached hydrogens (primary N) is 1. The molecule has 0 aliphatic rings. The summed E-state index contributed by atoms with van der Waals surface area (Å²) < 4.78 is 53.9. The van der Waals surface area contributed by atoms with Crippen LogP contribution in [0.4, 0.5) is 23.4 Å². The van der Waals surface area contributed by atoms with Crippen LogP contribution in [0.25, 0.3) is 11.3 Å². The van der Waals surface area contributed by atoms with Gasteiger partial charge in [0.1, 0.15) is 23.2 Å². The molecule has 4 N–H and O–H groups in total. The molecule has 1 aromatic carbocycles. The summed E-state index contributed by atoms with van der Waals surface area (Å²) in [5, 5.41) is 8.33. The number of rotatable bonds is 5. The Labute approximate surface area is 149 Å². The molecule has 0 saturated carbocycles. The van der Waals surface area contributed by atoms with Crippen LogP contribution in [0.1, 0.15) is 28.3 Å². The van der Waals surface area contributed by atoms with Gasteiger partial charge in [0.15, 0.2) is 5.82 Å². The van der Waals surface area contributed by atoms with Gasteiger partial charge in [0.25, 0.3) is 12.3 Å². The number of alkyl halides is 2. The zero-order valence-corrected chi connectivity index (χ0v) is 13.5. The number of halogens is 4. The second-order valence-electron chi connectivity index (χ2n) is 5.31. The minimum absolute atomic E-state index is 0.0373. The SMILES string of the molecule is NCc1ncc(C(=O)Nc2cc(-c3c(F)cccc3F)[nH]n2)c(C(F)F)n1. The fourth-order valence-electron chi connectivity index (χ4n) is 2.33. The van der Waals surface area contributed by atoms with E-state index in [1.54, 1.807) is 0 Å². The Morgan fingerprint density at radius 1 is 1.26 bits per heavy atom. The summed E-state index contributed by atoms with van der Waals surface area (Å²) in [4.78, 5) is 19.5. The van der Waals surface area contributed by atoms with Crippen LogP contribution in [0.3, 0.4) is 0 Å². The van der Waals surface area contributed by atoms with Crippen LogP contribution in [-0.2, 0) is 6.54 Å². The fourth-order valence-corrected chi connectivity index (χ4v) is 2.33. The summed E-state index contributed by atoms with van der Waals surface area (Å²) in [5.41, 5.74) is 3.65. The molecule has 2 heterocycles. The lowest BCUT2D eigenvalue weighted by molar-refractivity contribution is 0.100. The maximum atomic E-state index is 13.8.